The highest BCUT2D eigenvalue weighted by atomic mass is 32.2. The Morgan fingerprint density at radius 2 is 1.96 bits per heavy atom. The van der Waals surface area contributed by atoms with E-state index in [1.165, 1.54) is 12.1 Å². The maximum Gasteiger partial charge on any atom is 0.433 e. The van der Waals surface area contributed by atoms with Crippen LogP contribution in [0.2, 0.25) is 0 Å². The van der Waals surface area contributed by atoms with Gasteiger partial charge >= 0.3 is 5.88 Å². The topological polar surface area (TPSA) is 116 Å². The summed E-state index contributed by atoms with van der Waals surface area (Å²) in [5, 5.41) is 18.3. The minimum atomic E-state index is -3.68. The number of hydrogen-bond acceptors (Lipinski definition) is 8. The summed E-state index contributed by atoms with van der Waals surface area (Å²) in [6.45, 7) is 3.74. The van der Waals surface area contributed by atoms with Crippen molar-refractivity contribution in [1.82, 2.24) is 10.2 Å². The maximum absolute atomic E-state index is 12.6. The van der Waals surface area contributed by atoms with Gasteiger partial charge in [0.1, 0.15) is 4.92 Å². The van der Waals surface area contributed by atoms with E-state index in [4.69, 9.17) is 4.42 Å². The van der Waals surface area contributed by atoms with E-state index in [1.54, 1.807) is 0 Å². The van der Waals surface area contributed by atoms with Gasteiger partial charge in [0.2, 0.25) is 14.2 Å². The first-order valence-electron chi connectivity index (χ1n) is 7.13. The number of nitro groups is 1. The van der Waals surface area contributed by atoms with Crippen molar-refractivity contribution in [1.29, 1.82) is 0 Å². The zero-order valence-electron chi connectivity index (χ0n) is 13.3. The third-order valence-electron chi connectivity index (χ3n) is 3.51. The van der Waals surface area contributed by atoms with Gasteiger partial charge in [-0.1, -0.05) is 35.1 Å². The van der Waals surface area contributed by atoms with Crippen LogP contribution in [0.5, 0.6) is 0 Å². The van der Waals surface area contributed by atoms with Crippen LogP contribution in [-0.2, 0) is 15.6 Å². The molecule has 8 nitrogen and oxygen atoms in total. The number of furan rings is 1. The molecule has 2 heterocycles. The molecule has 0 aliphatic rings. The molecule has 0 radical (unpaired) electrons. The Labute approximate surface area is 147 Å². The van der Waals surface area contributed by atoms with Crippen molar-refractivity contribution in [3.8, 4) is 10.8 Å². The lowest BCUT2D eigenvalue weighted by atomic mass is 10.1. The van der Waals surface area contributed by atoms with E-state index in [-0.39, 0.29) is 20.9 Å². The Hall–Kier alpha value is -2.59. The van der Waals surface area contributed by atoms with Crippen LogP contribution in [-0.4, -0.2) is 23.5 Å². The van der Waals surface area contributed by atoms with Crippen molar-refractivity contribution in [2.45, 2.75) is 23.9 Å². The van der Waals surface area contributed by atoms with Crippen LogP contribution in [0.25, 0.3) is 10.8 Å². The van der Waals surface area contributed by atoms with Gasteiger partial charge in [-0.15, -0.1) is 10.2 Å². The standard InChI is InChI=1S/C15H13N3O5S2/c1-9-3-4-10(2)11(7-9)8-25(21,22)15-17-16-14(24-15)12-5-6-13(23-12)18(19)20/h3-7H,8H2,1-2H3. The lowest BCUT2D eigenvalue weighted by Crippen LogP contribution is -2.06. The van der Waals surface area contributed by atoms with Gasteiger partial charge in [0.05, 0.1) is 11.8 Å². The molecule has 0 amide bonds. The predicted octanol–water partition coefficient (Wildman–Crippen LogP) is 3.30. The van der Waals surface area contributed by atoms with Crippen LogP contribution in [0.3, 0.4) is 0 Å². The normalized spacial score (nSPS) is 11.6. The molecule has 0 saturated carbocycles. The molecule has 2 aromatic heterocycles. The molecule has 10 heteroatoms. The summed E-state index contributed by atoms with van der Waals surface area (Å²) in [5.41, 5.74) is 2.54. The smallest absolute Gasteiger partial charge is 0.398 e. The third-order valence-corrected chi connectivity index (χ3v) is 6.55. The Morgan fingerprint density at radius 1 is 1.20 bits per heavy atom. The molecule has 0 N–H and O–H groups in total. The number of aryl methyl sites for hydroxylation is 2. The molecule has 1 aromatic carbocycles. The van der Waals surface area contributed by atoms with Gasteiger partial charge < -0.3 is 4.42 Å². The highest BCUT2D eigenvalue weighted by molar-refractivity contribution is 7.92. The number of sulfone groups is 1. The zero-order chi connectivity index (χ0) is 18.2. The molecule has 3 rings (SSSR count). The molecule has 0 saturated heterocycles. The molecule has 3 aromatic rings. The van der Waals surface area contributed by atoms with Gasteiger partial charge in [-0.3, -0.25) is 10.1 Å². The highest BCUT2D eigenvalue weighted by Gasteiger charge is 2.24. The number of rotatable bonds is 5. The van der Waals surface area contributed by atoms with Crippen LogP contribution in [0, 0.1) is 24.0 Å². The van der Waals surface area contributed by atoms with Crippen molar-refractivity contribution < 1.29 is 17.8 Å². The first-order chi connectivity index (χ1) is 11.8. The second-order valence-electron chi connectivity index (χ2n) is 5.46. The first-order valence-corrected chi connectivity index (χ1v) is 9.60. The summed E-state index contributed by atoms with van der Waals surface area (Å²) in [6, 6.07) is 8.15. The first kappa shape index (κ1) is 17.2. The quantitative estimate of drug-likeness (QED) is 0.493. The van der Waals surface area contributed by atoms with E-state index < -0.39 is 20.6 Å². The largest absolute Gasteiger partial charge is 0.433 e. The Bertz CT molecular complexity index is 1050. The van der Waals surface area contributed by atoms with Crippen LogP contribution < -0.4 is 0 Å². The average Bonchev–Trinajstić information content (AvgIpc) is 3.19. The number of benzene rings is 1. The Morgan fingerprint density at radius 3 is 2.64 bits per heavy atom. The SMILES string of the molecule is Cc1ccc(C)c(CS(=O)(=O)c2nnc(-c3ccc([N+](=O)[O-])o3)s2)c1. The molecular formula is C15H13N3O5S2. The number of aromatic nitrogens is 2. The van der Waals surface area contributed by atoms with Crippen molar-refractivity contribution >= 4 is 27.1 Å². The predicted molar refractivity (Wildman–Crippen MR) is 91.1 cm³/mol. The molecule has 0 spiro atoms. The maximum atomic E-state index is 12.6. The molecule has 25 heavy (non-hydrogen) atoms. The van der Waals surface area contributed by atoms with Crippen LogP contribution in [0.4, 0.5) is 5.88 Å². The molecular weight excluding hydrogens is 366 g/mol. The van der Waals surface area contributed by atoms with E-state index >= 15 is 0 Å². The molecule has 130 valence electrons. The van der Waals surface area contributed by atoms with Crippen LogP contribution in [0.1, 0.15) is 16.7 Å². The molecule has 0 unspecified atom stereocenters. The van der Waals surface area contributed by atoms with E-state index in [0.29, 0.717) is 5.56 Å². The monoisotopic (exact) mass is 379 g/mol. The van der Waals surface area contributed by atoms with Crippen LogP contribution >= 0.6 is 11.3 Å². The van der Waals surface area contributed by atoms with Gasteiger partial charge in [0.25, 0.3) is 0 Å². The average molecular weight is 379 g/mol. The summed E-state index contributed by atoms with van der Waals surface area (Å²) >= 11 is 0.821. The molecule has 0 aliphatic heterocycles. The fraction of sp³-hybridized carbons (Fsp3) is 0.200. The van der Waals surface area contributed by atoms with Crippen molar-refractivity contribution in [3.63, 3.8) is 0 Å². The second kappa shape index (κ2) is 6.37. The highest BCUT2D eigenvalue weighted by Crippen LogP contribution is 2.31. The van der Waals surface area contributed by atoms with Gasteiger partial charge in [-0.25, -0.2) is 8.42 Å². The zero-order valence-corrected chi connectivity index (χ0v) is 14.9. The van der Waals surface area contributed by atoms with Crippen LogP contribution in [0.15, 0.2) is 39.1 Å². The summed E-state index contributed by atoms with van der Waals surface area (Å²) < 4.78 is 30.1. The summed E-state index contributed by atoms with van der Waals surface area (Å²) in [7, 11) is -3.68. The van der Waals surface area contributed by atoms with Gasteiger partial charge in [-0.05, 0) is 31.0 Å². The summed E-state index contributed by atoms with van der Waals surface area (Å²) in [4.78, 5) is 9.98. The fourth-order valence-corrected chi connectivity index (χ4v) is 4.67. The molecule has 0 fully saturated rings. The lowest BCUT2D eigenvalue weighted by Gasteiger charge is -2.06. The minimum Gasteiger partial charge on any atom is -0.398 e. The van der Waals surface area contributed by atoms with E-state index in [1.807, 2.05) is 32.0 Å². The molecule has 0 bridgehead atoms. The van der Waals surface area contributed by atoms with E-state index in [2.05, 4.69) is 10.2 Å². The van der Waals surface area contributed by atoms with Crippen molar-refractivity contribution in [3.05, 3.63) is 57.1 Å². The van der Waals surface area contributed by atoms with Gasteiger partial charge in [0, 0.05) is 0 Å². The molecule has 0 atom stereocenters. The molecule has 0 aliphatic carbocycles. The van der Waals surface area contributed by atoms with E-state index in [0.717, 1.165) is 22.5 Å². The van der Waals surface area contributed by atoms with Crippen molar-refractivity contribution in [2.24, 2.45) is 0 Å². The minimum absolute atomic E-state index is 0.109. The fourth-order valence-electron chi connectivity index (χ4n) is 2.20. The Balaban J connectivity index is 1.89. The van der Waals surface area contributed by atoms with Gasteiger partial charge in [0.15, 0.2) is 10.8 Å². The number of nitrogens with zero attached hydrogens (tertiary/aromatic N) is 3. The van der Waals surface area contributed by atoms with Crippen molar-refractivity contribution in [2.75, 3.05) is 0 Å². The van der Waals surface area contributed by atoms with E-state index in [9.17, 15) is 18.5 Å². The third kappa shape index (κ3) is 3.59. The Kier molecular flexibility index (Phi) is 4.39. The van der Waals surface area contributed by atoms with Gasteiger partial charge in [-0.2, -0.15) is 0 Å². The lowest BCUT2D eigenvalue weighted by molar-refractivity contribution is -0.401. The summed E-state index contributed by atoms with van der Waals surface area (Å²) in [5.74, 6) is -0.518. The number of hydrogen-bond donors (Lipinski definition) is 0. The summed E-state index contributed by atoms with van der Waals surface area (Å²) in [6.07, 6.45) is 0. The second-order valence-corrected chi connectivity index (χ2v) is 8.60.